The van der Waals surface area contributed by atoms with E-state index in [0.717, 1.165) is 30.3 Å². The summed E-state index contributed by atoms with van der Waals surface area (Å²) in [6, 6.07) is 15.2. The minimum absolute atomic E-state index is 0.00877. The fourth-order valence-corrected chi connectivity index (χ4v) is 7.96. The molecule has 0 unspecified atom stereocenters. The second-order valence-corrected chi connectivity index (χ2v) is 14.1. The van der Waals surface area contributed by atoms with Crippen molar-refractivity contribution < 1.29 is 38.4 Å². The molecule has 8 nitrogen and oxygen atoms in total. The van der Waals surface area contributed by atoms with E-state index in [1.165, 1.54) is 49.4 Å². The summed E-state index contributed by atoms with van der Waals surface area (Å²) in [5.41, 5.74) is 0.186. The number of sulfonamides is 1. The molecule has 4 aromatic rings. The monoisotopic (exact) mass is 586 g/mol. The number of hydrogen-bond donors (Lipinski definition) is 1. The normalized spacial score (nSPS) is 14.0. The standard InChI is InChI=1S/C24H21F3N2O6S3/c1-16(28-38(34,35)24(2,26)27)17-11-13-19(14-12-17)36(30,31)23-15-18-7-3-5-9-21(18)29(23)37(32,33)22-10-6-4-8-20(22)25/h3-16,28H,1-2H3/t16-/m0/s1. The number of nitrogens with zero attached hydrogens (tertiary/aromatic N) is 1. The second-order valence-electron chi connectivity index (χ2n) is 8.46. The quantitative estimate of drug-likeness (QED) is 0.326. The molecule has 4 rings (SSSR count). The summed E-state index contributed by atoms with van der Waals surface area (Å²) in [7, 11) is -14.2. The summed E-state index contributed by atoms with van der Waals surface area (Å²) >= 11 is 0. The van der Waals surface area contributed by atoms with Gasteiger partial charge in [-0.05, 0) is 48.9 Å². The summed E-state index contributed by atoms with van der Waals surface area (Å²) in [5, 5.41) is -4.41. The Hall–Kier alpha value is -3.20. The zero-order valence-electron chi connectivity index (χ0n) is 19.8. The van der Waals surface area contributed by atoms with Crippen molar-refractivity contribution in [2.24, 2.45) is 0 Å². The summed E-state index contributed by atoms with van der Waals surface area (Å²) in [5.74, 6) is -1.06. The highest BCUT2D eigenvalue weighted by atomic mass is 32.2. The lowest BCUT2D eigenvalue weighted by atomic mass is 10.1. The highest BCUT2D eigenvalue weighted by Gasteiger charge is 2.40. The van der Waals surface area contributed by atoms with Crippen LogP contribution < -0.4 is 4.72 Å². The third-order valence-electron chi connectivity index (χ3n) is 5.76. The van der Waals surface area contributed by atoms with Gasteiger partial charge in [0, 0.05) is 18.4 Å². The van der Waals surface area contributed by atoms with Gasteiger partial charge in [-0.3, -0.25) is 0 Å². The van der Waals surface area contributed by atoms with Crippen molar-refractivity contribution in [2.45, 2.75) is 40.0 Å². The largest absolute Gasteiger partial charge is 0.356 e. The van der Waals surface area contributed by atoms with Crippen LogP contribution in [0.3, 0.4) is 0 Å². The molecule has 1 heterocycles. The van der Waals surface area contributed by atoms with Crippen LogP contribution in [0, 0.1) is 5.82 Å². The number of benzene rings is 3. The van der Waals surface area contributed by atoms with Crippen LogP contribution in [0.2, 0.25) is 0 Å². The molecule has 0 aliphatic rings. The Kier molecular flexibility index (Phi) is 6.97. The van der Waals surface area contributed by atoms with E-state index in [1.54, 1.807) is 6.07 Å². The van der Waals surface area contributed by atoms with Gasteiger partial charge in [-0.25, -0.2) is 38.3 Å². The van der Waals surface area contributed by atoms with E-state index in [9.17, 15) is 38.4 Å². The SMILES string of the molecule is C[C@H](NS(=O)(=O)C(C)(F)F)c1ccc(S(=O)(=O)c2cc3ccccc3n2S(=O)(=O)c2ccccc2F)cc1. The molecule has 202 valence electrons. The average Bonchev–Trinajstić information content (AvgIpc) is 3.25. The number of rotatable bonds is 8. The molecule has 0 saturated carbocycles. The zero-order valence-corrected chi connectivity index (χ0v) is 22.3. The average molecular weight is 587 g/mol. The maximum atomic E-state index is 14.5. The topological polar surface area (TPSA) is 119 Å². The van der Waals surface area contributed by atoms with Crippen LogP contribution in [0.5, 0.6) is 0 Å². The number of nitrogens with one attached hydrogen (secondary N) is 1. The van der Waals surface area contributed by atoms with Crippen molar-refractivity contribution in [2.75, 3.05) is 0 Å². The molecule has 0 aliphatic heterocycles. The first-order valence-corrected chi connectivity index (χ1v) is 15.3. The first-order valence-electron chi connectivity index (χ1n) is 10.9. The maximum Gasteiger partial charge on any atom is 0.356 e. The molecule has 1 atom stereocenters. The number of halogens is 3. The second kappa shape index (κ2) is 9.52. The van der Waals surface area contributed by atoms with Gasteiger partial charge in [0.05, 0.1) is 10.4 Å². The van der Waals surface area contributed by atoms with E-state index in [0.29, 0.717) is 3.97 Å². The van der Waals surface area contributed by atoms with E-state index in [4.69, 9.17) is 0 Å². The van der Waals surface area contributed by atoms with Crippen molar-refractivity contribution in [3.05, 3.63) is 90.2 Å². The number of sulfone groups is 1. The van der Waals surface area contributed by atoms with Gasteiger partial charge in [-0.2, -0.15) is 8.78 Å². The summed E-state index contributed by atoms with van der Waals surface area (Å²) < 4.78 is 121. The lowest BCUT2D eigenvalue weighted by Gasteiger charge is -2.18. The summed E-state index contributed by atoms with van der Waals surface area (Å²) in [6.07, 6.45) is 0. The van der Waals surface area contributed by atoms with E-state index < -0.39 is 56.9 Å². The molecular weight excluding hydrogens is 565 g/mol. The predicted molar refractivity (Wildman–Crippen MR) is 134 cm³/mol. The van der Waals surface area contributed by atoms with Crippen molar-refractivity contribution in [3.8, 4) is 0 Å². The fourth-order valence-electron chi connectivity index (χ4n) is 3.75. The number of hydrogen-bond acceptors (Lipinski definition) is 6. The van der Waals surface area contributed by atoms with Crippen LogP contribution in [0.1, 0.15) is 25.5 Å². The third-order valence-corrected chi connectivity index (χ3v) is 11.0. The Morgan fingerprint density at radius 3 is 2.03 bits per heavy atom. The Balaban J connectivity index is 1.82. The lowest BCUT2D eigenvalue weighted by molar-refractivity contribution is 0.112. The van der Waals surface area contributed by atoms with Gasteiger partial charge in [0.15, 0.2) is 5.03 Å². The Morgan fingerprint density at radius 2 is 1.42 bits per heavy atom. The number of fused-ring (bicyclic) bond motifs is 1. The molecule has 0 spiro atoms. The minimum atomic E-state index is -5.00. The molecule has 1 N–H and O–H groups in total. The number of aromatic nitrogens is 1. The molecule has 14 heteroatoms. The first kappa shape index (κ1) is 27.8. The molecule has 1 aromatic heterocycles. The molecule has 0 saturated heterocycles. The Bertz CT molecular complexity index is 1850. The zero-order chi connectivity index (χ0) is 28.1. The van der Waals surface area contributed by atoms with Crippen molar-refractivity contribution in [1.29, 1.82) is 0 Å². The van der Waals surface area contributed by atoms with Gasteiger partial charge in [-0.1, -0.05) is 42.5 Å². The molecular formula is C24H21F3N2O6S3. The van der Waals surface area contributed by atoms with Crippen LogP contribution in [-0.4, -0.2) is 34.5 Å². The van der Waals surface area contributed by atoms with Gasteiger partial charge in [0.2, 0.25) is 9.84 Å². The van der Waals surface area contributed by atoms with Gasteiger partial charge in [0.1, 0.15) is 10.7 Å². The van der Waals surface area contributed by atoms with Gasteiger partial charge in [-0.15, -0.1) is 0 Å². The van der Waals surface area contributed by atoms with E-state index in [-0.39, 0.29) is 28.3 Å². The van der Waals surface area contributed by atoms with Gasteiger partial charge >= 0.3 is 5.25 Å². The van der Waals surface area contributed by atoms with Crippen LogP contribution >= 0.6 is 0 Å². The van der Waals surface area contributed by atoms with E-state index >= 15 is 0 Å². The smallest absolute Gasteiger partial charge is 0.222 e. The molecule has 0 bridgehead atoms. The minimum Gasteiger partial charge on any atom is -0.222 e. The molecule has 0 aliphatic carbocycles. The van der Waals surface area contributed by atoms with E-state index in [1.807, 2.05) is 4.72 Å². The van der Waals surface area contributed by atoms with Crippen molar-refractivity contribution in [3.63, 3.8) is 0 Å². The molecule has 0 fully saturated rings. The Labute approximate surface area is 217 Å². The summed E-state index contributed by atoms with van der Waals surface area (Å²) in [4.78, 5) is -1.08. The van der Waals surface area contributed by atoms with Crippen LogP contribution in [0.4, 0.5) is 13.2 Å². The van der Waals surface area contributed by atoms with Gasteiger partial charge in [0.25, 0.3) is 20.0 Å². The Morgan fingerprint density at radius 1 is 0.842 bits per heavy atom. The molecule has 0 radical (unpaired) electrons. The first-order chi connectivity index (χ1) is 17.6. The number of para-hydroxylation sites is 1. The van der Waals surface area contributed by atoms with Crippen molar-refractivity contribution >= 4 is 40.8 Å². The van der Waals surface area contributed by atoms with Crippen LogP contribution in [-0.2, 0) is 29.9 Å². The molecule has 3 aromatic carbocycles. The summed E-state index contributed by atoms with van der Waals surface area (Å²) in [6.45, 7) is 1.53. The fraction of sp³-hybridized carbons (Fsp3) is 0.167. The van der Waals surface area contributed by atoms with Crippen molar-refractivity contribution in [1.82, 2.24) is 8.69 Å². The predicted octanol–water partition coefficient (Wildman–Crippen LogP) is 4.44. The van der Waals surface area contributed by atoms with Gasteiger partial charge < -0.3 is 0 Å². The third kappa shape index (κ3) is 4.84. The highest BCUT2D eigenvalue weighted by Crippen LogP contribution is 2.33. The number of alkyl halides is 2. The lowest BCUT2D eigenvalue weighted by Crippen LogP contribution is -2.38. The molecule has 0 amide bonds. The van der Waals surface area contributed by atoms with Crippen LogP contribution in [0.15, 0.2) is 93.7 Å². The van der Waals surface area contributed by atoms with E-state index in [2.05, 4.69) is 0 Å². The maximum absolute atomic E-state index is 14.5. The highest BCUT2D eigenvalue weighted by molar-refractivity contribution is 7.93. The molecule has 38 heavy (non-hydrogen) atoms. The van der Waals surface area contributed by atoms with Crippen LogP contribution in [0.25, 0.3) is 10.9 Å².